The van der Waals surface area contributed by atoms with Gasteiger partial charge in [-0.15, -0.1) is 11.8 Å². The van der Waals surface area contributed by atoms with Gasteiger partial charge in [0.1, 0.15) is 5.65 Å². The third-order valence-corrected chi connectivity index (χ3v) is 6.22. The lowest BCUT2D eigenvalue weighted by molar-refractivity contribution is 0.0937. The molecule has 2 aromatic carbocycles. The fourth-order valence-corrected chi connectivity index (χ4v) is 4.47. The Morgan fingerprint density at radius 2 is 1.97 bits per heavy atom. The van der Waals surface area contributed by atoms with E-state index in [0.717, 1.165) is 26.3 Å². The molecular weight excluding hydrogens is 446 g/mol. The van der Waals surface area contributed by atoms with E-state index in [4.69, 9.17) is 0 Å². The zero-order valence-electron chi connectivity index (χ0n) is 15.9. The summed E-state index contributed by atoms with van der Waals surface area (Å²) in [6.45, 7) is 1.99. The first-order valence-corrected chi connectivity index (χ1v) is 11.1. The smallest absolute Gasteiger partial charge is 0.252 e. The summed E-state index contributed by atoms with van der Waals surface area (Å²) in [5, 5.41) is 3.11. The van der Waals surface area contributed by atoms with Gasteiger partial charge >= 0.3 is 0 Å². The minimum Gasteiger partial charge on any atom is -0.345 e. The number of nitrogens with zero attached hydrogens (tertiary/aromatic N) is 2. The van der Waals surface area contributed by atoms with Gasteiger partial charge in [-0.2, -0.15) is 0 Å². The first kappa shape index (κ1) is 19.7. The van der Waals surface area contributed by atoms with Gasteiger partial charge in [0.25, 0.3) is 5.91 Å². The van der Waals surface area contributed by atoms with E-state index in [9.17, 15) is 4.79 Å². The van der Waals surface area contributed by atoms with Crippen molar-refractivity contribution in [2.45, 2.75) is 23.6 Å². The first-order chi connectivity index (χ1) is 14.1. The number of hydrogen-bond donors (Lipinski definition) is 1. The molecule has 0 spiro atoms. The van der Waals surface area contributed by atoms with Crippen LogP contribution >= 0.6 is 27.7 Å². The first-order valence-electron chi connectivity index (χ1n) is 9.31. The summed E-state index contributed by atoms with van der Waals surface area (Å²) in [6, 6.07) is 21.6. The standard InChI is InChI=1S/C23H20BrN3OS/c1-16(17-7-6-8-18(24)13-17)25-23(28)20-9-2-3-10-21(20)29-15-19-14-27-12-5-4-11-22(27)26-19/h2-14,16H,15H2,1H3,(H,25,28). The topological polar surface area (TPSA) is 46.4 Å². The van der Waals surface area contributed by atoms with Crippen LogP contribution in [-0.2, 0) is 5.75 Å². The van der Waals surface area contributed by atoms with Crippen LogP contribution in [-0.4, -0.2) is 15.3 Å². The Balaban J connectivity index is 1.47. The Hall–Kier alpha value is -2.57. The van der Waals surface area contributed by atoms with Crippen molar-refractivity contribution >= 4 is 39.2 Å². The van der Waals surface area contributed by atoms with Crippen LogP contribution in [0.15, 0.2) is 88.5 Å². The molecule has 2 aromatic heterocycles. The van der Waals surface area contributed by atoms with Gasteiger partial charge in [-0.05, 0) is 48.9 Å². The Morgan fingerprint density at radius 1 is 1.14 bits per heavy atom. The summed E-state index contributed by atoms with van der Waals surface area (Å²) in [7, 11) is 0. The Morgan fingerprint density at radius 3 is 2.79 bits per heavy atom. The van der Waals surface area contributed by atoms with Gasteiger partial charge in [-0.3, -0.25) is 4.79 Å². The van der Waals surface area contributed by atoms with E-state index in [1.807, 2.05) is 90.4 Å². The molecule has 0 bridgehead atoms. The summed E-state index contributed by atoms with van der Waals surface area (Å²) in [6.07, 6.45) is 4.02. The van der Waals surface area contributed by atoms with Gasteiger partial charge < -0.3 is 9.72 Å². The number of pyridine rings is 1. The van der Waals surface area contributed by atoms with Crippen LogP contribution in [0.1, 0.15) is 34.6 Å². The Kier molecular flexibility index (Phi) is 6.02. The number of aromatic nitrogens is 2. The largest absolute Gasteiger partial charge is 0.345 e. The molecule has 0 radical (unpaired) electrons. The molecule has 0 aliphatic carbocycles. The lowest BCUT2D eigenvalue weighted by atomic mass is 10.1. The molecular formula is C23H20BrN3OS. The molecule has 1 atom stereocenters. The number of benzene rings is 2. The monoisotopic (exact) mass is 465 g/mol. The number of rotatable bonds is 6. The lowest BCUT2D eigenvalue weighted by Gasteiger charge is -2.16. The number of halogens is 1. The number of nitrogens with one attached hydrogen (secondary N) is 1. The zero-order valence-corrected chi connectivity index (χ0v) is 18.3. The van der Waals surface area contributed by atoms with Crippen molar-refractivity contribution in [3.8, 4) is 0 Å². The number of imidazole rings is 1. The van der Waals surface area contributed by atoms with Crippen molar-refractivity contribution in [3.05, 3.63) is 100 Å². The molecule has 6 heteroatoms. The van der Waals surface area contributed by atoms with Crippen molar-refractivity contribution in [2.75, 3.05) is 0 Å². The predicted octanol–water partition coefficient (Wildman–Crippen LogP) is 5.88. The highest BCUT2D eigenvalue weighted by Crippen LogP contribution is 2.27. The van der Waals surface area contributed by atoms with E-state index in [0.29, 0.717) is 11.3 Å². The summed E-state index contributed by atoms with van der Waals surface area (Å²) >= 11 is 5.11. The minimum atomic E-state index is -0.0866. The van der Waals surface area contributed by atoms with Gasteiger partial charge in [0.2, 0.25) is 0 Å². The van der Waals surface area contributed by atoms with Crippen LogP contribution in [0.4, 0.5) is 0 Å². The minimum absolute atomic E-state index is 0.0735. The summed E-state index contributed by atoms with van der Waals surface area (Å²) in [4.78, 5) is 18.5. The van der Waals surface area contributed by atoms with E-state index in [-0.39, 0.29) is 11.9 Å². The molecule has 0 saturated carbocycles. The maximum atomic E-state index is 12.9. The third kappa shape index (κ3) is 4.71. The maximum absolute atomic E-state index is 12.9. The number of carbonyl (C=O) groups excluding carboxylic acids is 1. The molecule has 0 saturated heterocycles. The lowest BCUT2D eigenvalue weighted by Crippen LogP contribution is -2.27. The maximum Gasteiger partial charge on any atom is 0.252 e. The average Bonchev–Trinajstić information content (AvgIpc) is 3.15. The van der Waals surface area contributed by atoms with E-state index in [1.54, 1.807) is 11.8 Å². The fraction of sp³-hybridized carbons (Fsp3) is 0.130. The van der Waals surface area contributed by atoms with Crippen molar-refractivity contribution in [1.82, 2.24) is 14.7 Å². The van der Waals surface area contributed by atoms with Crippen LogP contribution in [0.3, 0.4) is 0 Å². The quantitative estimate of drug-likeness (QED) is 0.361. The second kappa shape index (κ2) is 8.84. The van der Waals surface area contributed by atoms with E-state index < -0.39 is 0 Å². The third-order valence-electron chi connectivity index (χ3n) is 4.62. The SMILES string of the molecule is CC(NC(=O)c1ccccc1SCc1cn2ccccc2n1)c1cccc(Br)c1. The van der Waals surface area contributed by atoms with E-state index in [2.05, 4.69) is 26.2 Å². The van der Waals surface area contributed by atoms with Gasteiger partial charge in [0.15, 0.2) is 0 Å². The van der Waals surface area contributed by atoms with Gasteiger partial charge in [0.05, 0.1) is 17.3 Å². The zero-order chi connectivity index (χ0) is 20.2. The molecule has 4 nitrogen and oxygen atoms in total. The van der Waals surface area contributed by atoms with E-state index >= 15 is 0 Å². The van der Waals surface area contributed by atoms with Crippen LogP contribution in [0.25, 0.3) is 5.65 Å². The van der Waals surface area contributed by atoms with Gasteiger partial charge in [-0.1, -0.05) is 46.3 Å². The number of hydrogen-bond acceptors (Lipinski definition) is 3. The second-order valence-corrected chi connectivity index (χ2v) is 8.67. The number of thioether (sulfide) groups is 1. The van der Waals surface area contributed by atoms with Crippen molar-refractivity contribution in [3.63, 3.8) is 0 Å². The van der Waals surface area contributed by atoms with E-state index in [1.165, 1.54) is 0 Å². The van der Waals surface area contributed by atoms with Crippen molar-refractivity contribution in [2.24, 2.45) is 0 Å². The predicted molar refractivity (Wildman–Crippen MR) is 121 cm³/mol. The summed E-state index contributed by atoms with van der Waals surface area (Å²) < 4.78 is 3.01. The Labute approximate surface area is 182 Å². The highest BCUT2D eigenvalue weighted by molar-refractivity contribution is 9.10. The van der Waals surface area contributed by atoms with Crippen LogP contribution in [0.2, 0.25) is 0 Å². The highest BCUT2D eigenvalue weighted by atomic mass is 79.9. The Bertz CT molecular complexity index is 1120. The second-order valence-electron chi connectivity index (χ2n) is 6.73. The molecule has 1 unspecified atom stereocenters. The molecule has 2 heterocycles. The number of amides is 1. The number of fused-ring (bicyclic) bond motifs is 1. The normalized spacial score (nSPS) is 12.1. The highest BCUT2D eigenvalue weighted by Gasteiger charge is 2.15. The summed E-state index contributed by atoms with van der Waals surface area (Å²) in [5.41, 5.74) is 3.65. The van der Waals surface area contributed by atoms with Crippen LogP contribution in [0.5, 0.6) is 0 Å². The average molecular weight is 466 g/mol. The van der Waals surface area contributed by atoms with Crippen molar-refractivity contribution in [1.29, 1.82) is 0 Å². The molecule has 1 N–H and O–H groups in total. The molecule has 0 aliphatic rings. The molecule has 4 rings (SSSR count). The molecule has 146 valence electrons. The molecule has 0 aliphatic heterocycles. The van der Waals surface area contributed by atoms with Gasteiger partial charge in [0, 0.05) is 27.5 Å². The van der Waals surface area contributed by atoms with Crippen molar-refractivity contribution < 1.29 is 4.79 Å². The van der Waals surface area contributed by atoms with Gasteiger partial charge in [-0.25, -0.2) is 4.98 Å². The number of carbonyl (C=O) groups is 1. The molecule has 0 fully saturated rings. The van der Waals surface area contributed by atoms with Crippen LogP contribution < -0.4 is 5.32 Å². The van der Waals surface area contributed by atoms with Crippen LogP contribution in [0, 0.1) is 0 Å². The summed E-state index contributed by atoms with van der Waals surface area (Å²) in [5.74, 6) is 0.628. The molecule has 29 heavy (non-hydrogen) atoms. The fourth-order valence-electron chi connectivity index (χ4n) is 3.12. The molecule has 4 aromatic rings. The molecule has 1 amide bonds.